The Morgan fingerprint density at radius 2 is 2.22 bits per heavy atom. The highest BCUT2D eigenvalue weighted by Crippen LogP contribution is 2.23. The van der Waals surface area contributed by atoms with Gasteiger partial charge in [-0.05, 0) is 13.0 Å². The topological polar surface area (TPSA) is 57.8 Å². The molecule has 2 N–H and O–H groups in total. The summed E-state index contributed by atoms with van der Waals surface area (Å²) in [6, 6.07) is 7.77. The summed E-state index contributed by atoms with van der Waals surface area (Å²) in [5.41, 5.74) is 2.52. The Hall–Kier alpha value is -2.14. The molecule has 0 unspecified atom stereocenters. The number of thiazole rings is 1. The maximum absolute atomic E-state index is 12.2. The first-order chi connectivity index (χ1) is 8.75. The third kappa shape index (κ3) is 1.78. The number of hydrogen-bond acceptors (Lipinski definition) is 3. The second kappa shape index (κ2) is 4.27. The molecule has 0 saturated heterocycles. The number of aromatic amines is 1. The number of aryl methyl sites for hydroxylation is 1. The average molecular weight is 257 g/mol. The van der Waals surface area contributed by atoms with E-state index < -0.39 is 0 Å². The molecule has 0 saturated carbocycles. The summed E-state index contributed by atoms with van der Waals surface area (Å²) in [6.45, 7) is 1.90. The minimum Gasteiger partial charge on any atom is -0.358 e. The number of carbonyl (C=O) groups excluding carboxylic acids is 1. The van der Waals surface area contributed by atoms with Gasteiger partial charge in [0.25, 0.3) is 5.91 Å². The van der Waals surface area contributed by atoms with Crippen LogP contribution < -0.4 is 5.32 Å². The molecular formula is C13H11N3OS. The molecule has 2 heterocycles. The van der Waals surface area contributed by atoms with E-state index in [1.807, 2.05) is 36.6 Å². The van der Waals surface area contributed by atoms with Crippen molar-refractivity contribution in [3.05, 3.63) is 47.1 Å². The van der Waals surface area contributed by atoms with Crippen LogP contribution in [0.2, 0.25) is 0 Å². The summed E-state index contributed by atoms with van der Waals surface area (Å²) in [5.74, 6) is -0.125. The second-order valence-electron chi connectivity index (χ2n) is 3.96. The van der Waals surface area contributed by atoms with Gasteiger partial charge in [0.05, 0.1) is 5.56 Å². The number of hydrogen-bond donors (Lipinski definition) is 2. The van der Waals surface area contributed by atoms with Gasteiger partial charge in [-0.15, -0.1) is 11.3 Å². The minimum atomic E-state index is -0.125. The van der Waals surface area contributed by atoms with E-state index in [2.05, 4.69) is 15.3 Å². The lowest BCUT2D eigenvalue weighted by atomic mass is 10.1. The molecule has 0 radical (unpaired) electrons. The predicted molar refractivity (Wildman–Crippen MR) is 73.1 cm³/mol. The number of aromatic nitrogens is 2. The minimum absolute atomic E-state index is 0.125. The van der Waals surface area contributed by atoms with E-state index in [1.165, 1.54) is 11.3 Å². The molecule has 0 atom stereocenters. The molecule has 1 amide bonds. The Balaban J connectivity index is 2.03. The first-order valence-corrected chi connectivity index (χ1v) is 6.42. The lowest BCUT2D eigenvalue weighted by Crippen LogP contribution is -2.12. The maximum atomic E-state index is 12.2. The Bertz CT molecular complexity index is 700. The summed E-state index contributed by atoms with van der Waals surface area (Å²) < 4.78 is 0. The predicted octanol–water partition coefficient (Wildman–Crippen LogP) is 3.19. The zero-order valence-electron chi connectivity index (χ0n) is 9.73. The van der Waals surface area contributed by atoms with E-state index in [0.29, 0.717) is 10.7 Å². The molecule has 0 bridgehead atoms. The van der Waals surface area contributed by atoms with Crippen molar-refractivity contribution < 1.29 is 4.79 Å². The van der Waals surface area contributed by atoms with E-state index in [4.69, 9.17) is 0 Å². The molecule has 5 heteroatoms. The van der Waals surface area contributed by atoms with E-state index in [1.54, 1.807) is 6.20 Å². The highest BCUT2D eigenvalue weighted by atomic mass is 32.1. The fourth-order valence-electron chi connectivity index (χ4n) is 2.01. The van der Waals surface area contributed by atoms with E-state index in [9.17, 15) is 4.79 Å². The van der Waals surface area contributed by atoms with Gasteiger partial charge in [-0.25, -0.2) is 4.98 Å². The Morgan fingerprint density at radius 3 is 3.00 bits per heavy atom. The van der Waals surface area contributed by atoms with Crippen molar-refractivity contribution in [1.29, 1.82) is 0 Å². The molecule has 4 nitrogen and oxygen atoms in total. The lowest BCUT2D eigenvalue weighted by molar-refractivity contribution is 0.102. The third-order valence-corrected chi connectivity index (χ3v) is 3.46. The first kappa shape index (κ1) is 11.0. The quantitative estimate of drug-likeness (QED) is 0.740. The largest absolute Gasteiger partial charge is 0.358 e. The van der Waals surface area contributed by atoms with Gasteiger partial charge >= 0.3 is 0 Å². The molecule has 18 heavy (non-hydrogen) atoms. The molecule has 0 aliphatic carbocycles. The molecule has 0 spiro atoms. The molecule has 90 valence electrons. The van der Waals surface area contributed by atoms with Crippen LogP contribution in [0.1, 0.15) is 16.1 Å². The number of nitrogens with zero attached hydrogens (tertiary/aromatic N) is 1. The molecular weight excluding hydrogens is 246 g/mol. The molecule has 2 aromatic heterocycles. The zero-order chi connectivity index (χ0) is 12.5. The summed E-state index contributed by atoms with van der Waals surface area (Å²) in [7, 11) is 0. The summed E-state index contributed by atoms with van der Waals surface area (Å²) in [6.07, 6.45) is 1.67. The Morgan fingerprint density at radius 1 is 1.39 bits per heavy atom. The Labute approximate surface area is 108 Å². The summed E-state index contributed by atoms with van der Waals surface area (Å²) >= 11 is 1.41. The molecule has 3 rings (SSSR count). The smallest absolute Gasteiger partial charge is 0.259 e. The number of H-pyrrole nitrogens is 1. The highest BCUT2D eigenvalue weighted by molar-refractivity contribution is 7.13. The number of rotatable bonds is 2. The van der Waals surface area contributed by atoms with Gasteiger partial charge in [-0.1, -0.05) is 18.2 Å². The van der Waals surface area contributed by atoms with Gasteiger partial charge in [0.2, 0.25) is 0 Å². The van der Waals surface area contributed by atoms with Crippen molar-refractivity contribution in [2.24, 2.45) is 0 Å². The lowest BCUT2D eigenvalue weighted by Gasteiger charge is -2.01. The first-order valence-electron chi connectivity index (χ1n) is 5.54. The number of fused-ring (bicyclic) bond motifs is 1. The van der Waals surface area contributed by atoms with Crippen LogP contribution in [-0.4, -0.2) is 15.9 Å². The van der Waals surface area contributed by atoms with Crippen molar-refractivity contribution in [2.75, 3.05) is 5.32 Å². The second-order valence-corrected chi connectivity index (χ2v) is 4.86. The van der Waals surface area contributed by atoms with E-state index in [0.717, 1.165) is 16.6 Å². The van der Waals surface area contributed by atoms with Crippen molar-refractivity contribution in [3.8, 4) is 0 Å². The van der Waals surface area contributed by atoms with Gasteiger partial charge in [0, 0.05) is 28.2 Å². The van der Waals surface area contributed by atoms with Crippen molar-refractivity contribution >= 4 is 33.3 Å². The normalized spacial score (nSPS) is 10.7. The average Bonchev–Trinajstić information content (AvgIpc) is 2.94. The molecule has 3 aromatic rings. The van der Waals surface area contributed by atoms with E-state index in [-0.39, 0.29) is 5.91 Å². The fraction of sp³-hybridized carbons (Fsp3) is 0.0769. The van der Waals surface area contributed by atoms with Gasteiger partial charge < -0.3 is 4.98 Å². The SMILES string of the molecule is Cc1[nH]c2ccccc2c1C(=O)Nc1nccs1. The standard InChI is InChI=1S/C13H11N3OS/c1-8-11(9-4-2-3-5-10(9)15-8)12(17)16-13-14-6-7-18-13/h2-7,15H,1H3,(H,14,16,17). The number of benzene rings is 1. The zero-order valence-corrected chi connectivity index (χ0v) is 10.5. The molecule has 1 aromatic carbocycles. The Kier molecular flexibility index (Phi) is 2.60. The van der Waals surface area contributed by atoms with E-state index >= 15 is 0 Å². The molecule has 0 aliphatic rings. The molecule has 0 fully saturated rings. The van der Waals surface area contributed by atoms with Crippen molar-refractivity contribution in [3.63, 3.8) is 0 Å². The van der Waals surface area contributed by atoms with Gasteiger partial charge in [0.15, 0.2) is 5.13 Å². The highest BCUT2D eigenvalue weighted by Gasteiger charge is 2.16. The summed E-state index contributed by atoms with van der Waals surface area (Å²) in [5, 5.41) is 6.19. The molecule has 0 aliphatic heterocycles. The maximum Gasteiger partial charge on any atom is 0.259 e. The van der Waals surface area contributed by atoms with Crippen LogP contribution in [0.3, 0.4) is 0 Å². The number of amides is 1. The van der Waals surface area contributed by atoms with Gasteiger partial charge in [-0.2, -0.15) is 0 Å². The number of para-hydroxylation sites is 1. The van der Waals surface area contributed by atoms with Crippen LogP contribution in [0, 0.1) is 6.92 Å². The third-order valence-electron chi connectivity index (χ3n) is 2.77. The number of carbonyl (C=O) groups is 1. The fourth-order valence-corrected chi connectivity index (χ4v) is 2.54. The van der Waals surface area contributed by atoms with Crippen molar-refractivity contribution in [1.82, 2.24) is 9.97 Å². The van der Waals surface area contributed by atoms with Crippen LogP contribution in [0.4, 0.5) is 5.13 Å². The van der Waals surface area contributed by atoms with Gasteiger partial charge in [0.1, 0.15) is 0 Å². The number of nitrogens with one attached hydrogen (secondary N) is 2. The van der Waals surface area contributed by atoms with Crippen LogP contribution >= 0.6 is 11.3 Å². The summed E-state index contributed by atoms with van der Waals surface area (Å²) in [4.78, 5) is 19.5. The van der Waals surface area contributed by atoms with Crippen LogP contribution in [0.15, 0.2) is 35.8 Å². The van der Waals surface area contributed by atoms with Gasteiger partial charge in [-0.3, -0.25) is 10.1 Å². The van der Waals surface area contributed by atoms with Crippen LogP contribution in [-0.2, 0) is 0 Å². The number of anilines is 1. The van der Waals surface area contributed by atoms with Crippen molar-refractivity contribution in [2.45, 2.75) is 6.92 Å². The monoisotopic (exact) mass is 257 g/mol. The van der Waals surface area contributed by atoms with Crippen LogP contribution in [0.25, 0.3) is 10.9 Å². The van der Waals surface area contributed by atoms with Crippen LogP contribution in [0.5, 0.6) is 0 Å².